The van der Waals surface area contributed by atoms with Crippen molar-refractivity contribution in [2.75, 3.05) is 13.2 Å². The minimum Gasteiger partial charge on any atom is -0.481 e. The zero-order valence-corrected chi connectivity index (χ0v) is 10.8. The quantitative estimate of drug-likeness (QED) is 0.680. The lowest BCUT2D eigenvalue weighted by Crippen LogP contribution is -2.51. The number of aliphatic hydroxyl groups is 1. The van der Waals surface area contributed by atoms with Crippen LogP contribution in [0.3, 0.4) is 0 Å². The van der Waals surface area contributed by atoms with Gasteiger partial charge in [0.2, 0.25) is 0 Å². The Morgan fingerprint density at radius 1 is 1.44 bits per heavy atom. The minimum atomic E-state index is -0.923. The van der Waals surface area contributed by atoms with Crippen LogP contribution in [0, 0.1) is 0 Å². The molecule has 104 valence electrons. The number of urea groups is 1. The number of aliphatic hydroxyl groups excluding tert-OH is 1. The Morgan fingerprint density at radius 3 is 2.78 bits per heavy atom. The summed E-state index contributed by atoms with van der Waals surface area (Å²) in [6.45, 7) is 2.42. The predicted octanol–water partition coefficient (Wildman–Crippen LogP) is 0.796. The van der Waals surface area contributed by atoms with Crippen LogP contribution in [0.25, 0.3) is 0 Å². The summed E-state index contributed by atoms with van der Waals surface area (Å²) in [7, 11) is 0. The van der Waals surface area contributed by atoms with Crippen LogP contribution in [0.5, 0.6) is 0 Å². The molecule has 0 saturated carbocycles. The molecule has 0 aromatic rings. The second-order valence-electron chi connectivity index (χ2n) is 4.80. The molecule has 1 saturated heterocycles. The summed E-state index contributed by atoms with van der Waals surface area (Å²) in [5, 5.41) is 20.3. The highest BCUT2D eigenvalue weighted by atomic mass is 16.4. The van der Waals surface area contributed by atoms with Gasteiger partial charge >= 0.3 is 12.0 Å². The molecule has 18 heavy (non-hydrogen) atoms. The van der Waals surface area contributed by atoms with Gasteiger partial charge < -0.3 is 20.4 Å². The monoisotopic (exact) mass is 258 g/mol. The lowest BCUT2D eigenvalue weighted by Gasteiger charge is -2.36. The first-order valence-electron chi connectivity index (χ1n) is 6.44. The van der Waals surface area contributed by atoms with E-state index in [1.807, 2.05) is 0 Å². The predicted molar refractivity (Wildman–Crippen MR) is 66.3 cm³/mol. The van der Waals surface area contributed by atoms with Crippen molar-refractivity contribution in [2.24, 2.45) is 0 Å². The molecule has 0 spiro atoms. The highest BCUT2D eigenvalue weighted by molar-refractivity contribution is 5.76. The van der Waals surface area contributed by atoms with Gasteiger partial charge in [0, 0.05) is 25.2 Å². The zero-order chi connectivity index (χ0) is 13.5. The SMILES string of the molecule is CC(CC(=O)O)NC(=O)N1CCCCC1CCO. The Bertz CT molecular complexity index is 294. The third-order valence-corrected chi connectivity index (χ3v) is 3.20. The van der Waals surface area contributed by atoms with Crippen molar-refractivity contribution in [3.63, 3.8) is 0 Å². The molecule has 1 fully saturated rings. The van der Waals surface area contributed by atoms with Gasteiger partial charge in [0.25, 0.3) is 0 Å². The van der Waals surface area contributed by atoms with Crippen LogP contribution in [0.4, 0.5) is 4.79 Å². The number of hydrogen-bond donors (Lipinski definition) is 3. The molecule has 6 heteroatoms. The topological polar surface area (TPSA) is 89.9 Å². The smallest absolute Gasteiger partial charge is 0.317 e. The van der Waals surface area contributed by atoms with Crippen LogP contribution in [0.2, 0.25) is 0 Å². The summed E-state index contributed by atoms with van der Waals surface area (Å²) in [5.74, 6) is -0.923. The van der Waals surface area contributed by atoms with Gasteiger partial charge in [-0.05, 0) is 32.6 Å². The fourth-order valence-electron chi connectivity index (χ4n) is 2.32. The van der Waals surface area contributed by atoms with E-state index in [-0.39, 0.29) is 31.1 Å². The van der Waals surface area contributed by atoms with Crippen LogP contribution in [0.1, 0.15) is 39.0 Å². The van der Waals surface area contributed by atoms with E-state index in [0.717, 1.165) is 19.3 Å². The van der Waals surface area contributed by atoms with Crippen molar-refractivity contribution in [2.45, 2.75) is 51.1 Å². The van der Waals surface area contributed by atoms with E-state index >= 15 is 0 Å². The summed E-state index contributed by atoms with van der Waals surface area (Å²) < 4.78 is 0. The molecule has 0 aliphatic carbocycles. The fourth-order valence-corrected chi connectivity index (χ4v) is 2.32. The van der Waals surface area contributed by atoms with Crippen molar-refractivity contribution < 1.29 is 19.8 Å². The van der Waals surface area contributed by atoms with E-state index in [2.05, 4.69) is 5.32 Å². The molecule has 3 N–H and O–H groups in total. The van der Waals surface area contributed by atoms with E-state index in [0.29, 0.717) is 13.0 Å². The number of carboxylic acids is 1. The Balaban J connectivity index is 2.49. The lowest BCUT2D eigenvalue weighted by atomic mass is 10.00. The third kappa shape index (κ3) is 4.52. The molecule has 2 atom stereocenters. The second kappa shape index (κ2) is 7.20. The molecular weight excluding hydrogens is 236 g/mol. The molecule has 2 unspecified atom stereocenters. The first-order valence-corrected chi connectivity index (χ1v) is 6.44. The van der Waals surface area contributed by atoms with Crippen molar-refractivity contribution in [1.29, 1.82) is 0 Å². The molecule has 6 nitrogen and oxygen atoms in total. The number of rotatable bonds is 5. The number of likely N-dealkylation sites (tertiary alicyclic amines) is 1. The van der Waals surface area contributed by atoms with Gasteiger partial charge in [0.1, 0.15) is 0 Å². The molecule has 0 aromatic heterocycles. The maximum Gasteiger partial charge on any atom is 0.317 e. The number of carbonyl (C=O) groups excluding carboxylic acids is 1. The number of carbonyl (C=O) groups is 2. The highest BCUT2D eigenvalue weighted by Gasteiger charge is 2.27. The number of hydrogen-bond acceptors (Lipinski definition) is 3. The van der Waals surface area contributed by atoms with Crippen molar-refractivity contribution >= 4 is 12.0 Å². The molecule has 0 aromatic carbocycles. The van der Waals surface area contributed by atoms with E-state index < -0.39 is 5.97 Å². The van der Waals surface area contributed by atoms with Crippen LogP contribution in [0.15, 0.2) is 0 Å². The molecular formula is C12H22N2O4. The lowest BCUT2D eigenvalue weighted by molar-refractivity contribution is -0.137. The minimum absolute atomic E-state index is 0.0686. The Kier molecular flexibility index (Phi) is 5.91. The highest BCUT2D eigenvalue weighted by Crippen LogP contribution is 2.19. The number of carboxylic acid groups (broad SMARTS) is 1. The van der Waals surface area contributed by atoms with Crippen LogP contribution in [-0.2, 0) is 4.79 Å². The molecule has 2 amide bonds. The third-order valence-electron chi connectivity index (χ3n) is 3.20. The maximum atomic E-state index is 12.0. The number of nitrogens with zero attached hydrogens (tertiary/aromatic N) is 1. The van der Waals surface area contributed by atoms with Gasteiger partial charge in [0.05, 0.1) is 6.42 Å². The van der Waals surface area contributed by atoms with Gasteiger partial charge in [-0.3, -0.25) is 4.79 Å². The van der Waals surface area contributed by atoms with E-state index in [4.69, 9.17) is 10.2 Å². The van der Waals surface area contributed by atoms with Gasteiger partial charge in [0.15, 0.2) is 0 Å². The summed E-state index contributed by atoms with van der Waals surface area (Å²) in [5.41, 5.74) is 0. The van der Waals surface area contributed by atoms with Crippen LogP contribution >= 0.6 is 0 Å². The number of nitrogens with one attached hydrogen (secondary N) is 1. The normalized spacial score (nSPS) is 21.4. The summed E-state index contributed by atoms with van der Waals surface area (Å²) in [6, 6.07) is -0.533. The number of amides is 2. The average Bonchev–Trinajstić information content (AvgIpc) is 2.28. The standard InChI is InChI=1S/C12H22N2O4/c1-9(8-11(16)17)13-12(18)14-6-3-2-4-10(14)5-7-15/h9-10,15H,2-8H2,1H3,(H,13,18)(H,16,17). The van der Waals surface area contributed by atoms with E-state index in [1.54, 1.807) is 11.8 Å². The van der Waals surface area contributed by atoms with Gasteiger partial charge in [-0.25, -0.2) is 4.79 Å². The van der Waals surface area contributed by atoms with Gasteiger partial charge in [-0.15, -0.1) is 0 Å². The van der Waals surface area contributed by atoms with Gasteiger partial charge in [-0.2, -0.15) is 0 Å². The van der Waals surface area contributed by atoms with E-state index in [9.17, 15) is 9.59 Å². The van der Waals surface area contributed by atoms with Crippen molar-refractivity contribution in [3.8, 4) is 0 Å². The largest absolute Gasteiger partial charge is 0.481 e. The Labute approximate surface area is 107 Å². The first kappa shape index (κ1) is 14.8. The summed E-state index contributed by atoms with van der Waals surface area (Å²) in [6.07, 6.45) is 3.44. The molecule has 1 aliphatic heterocycles. The second-order valence-corrected chi connectivity index (χ2v) is 4.80. The van der Waals surface area contributed by atoms with Crippen molar-refractivity contribution in [3.05, 3.63) is 0 Å². The zero-order valence-electron chi connectivity index (χ0n) is 10.8. The first-order chi connectivity index (χ1) is 8.54. The average molecular weight is 258 g/mol. The molecule has 1 heterocycles. The summed E-state index contributed by atoms with van der Waals surface area (Å²) >= 11 is 0. The molecule has 1 rings (SSSR count). The maximum absolute atomic E-state index is 12.0. The Morgan fingerprint density at radius 2 is 2.17 bits per heavy atom. The number of aliphatic carboxylic acids is 1. The van der Waals surface area contributed by atoms with Crippen LogP contribution < -0.4 is 5.32 Å². The number of piperidine rings is 1. The van der Waals surface area contributed by atoms with Crippen LogP contribution in [-0.4, -0.2) is 52.3 Å². The summed E-state index contributed by atoms with van der Waals surface area (Å²) in [4.78, 5) is 24.3. The molecule has 0 bridgehead atoms. The molecule has 0 radical (unpaired) electrons. The fraction of sp³-hybridized carbons (Fsp3) is 0.833. The molecule has 1 aliphatic rings. The van der Waals surface area contributed by atoms with Crippen molar-refractivity contribution in [1.82, 2.24) is 10.2 Å². The van der Waals surface area contributed by atoms with E-state index in [1.165, 1.54) is 0 Å². The van der Waals surface area contributed by atoms with Gasteiger partial charge in [-0.1, -0.05) is 0 Å². The Hall–Kier alpha value is -1.30.